The molecule has 2 unspecified atom stereocenters. The highest BCUT2D eigenvalue weighted by molar-refractivity contribution is 8.00. The summed E-state index contributed by atoms with van der Waals surface area (Å²) in [6, 6.07) is 0.0869. The Morgan fingerprint density at radius 3 is 3.29 bits per heavy atom. The molecule has 4 heteroatoms. The molecule has 1 aromatic rings. The van der Waals surface area contributed by atoms with E-state index in [-0.39, 0.29) is 6.04 Å². The molecule has 0 spiro atoms. The molecule has 1 aliphatic heterocycles. The standard InChI is InChI=1S/C10H17N3S/c1-8(11)10-5-12-7-13(10)6-9-3-2-4-14-9/h5,7-9H,2-4,6,11H2,1H3. The number of aromatic nitrogens is 2. The summed E-state index contributed by atoms with van der Waals surface area (Å²) in [6.45, 7) is 3.08. The summed E-state index contributed by atoms with van der Waals surface area (Å²) in [7, 11) is 0. The lowest BCUT2D eigenvalue weighted by atomic mass is 10.2. The van der Waals surface area contributed by atoms with Crippen molar-refractivity contribution in [3.8, 4) is 0 Å². The quantitative estimate of drug-likeness (QED) is 0.829. The first kappa shape index (κ1) is 10.1. The molecule has 0 aromatic carbocycles. The number of thioether (sulfide) groups is 1. The summed E-state index contributed by atoms with van der Waals surface area (Å²) in [4.78, 5) is 4.16. The van der Waals surface area contributed by atoms with Crippen molar-refractivity contribution < 1.29 is 0 Å². The van der Waals surface area contributed by atoms with E-state index in [0.29, 0.717) is 0 Å². The third-order valence-corrected chi connectivity index (χ3v) is 4.02. The Labute approximate surface area is 89.1 Å². The summed E-state index contributed by atoms with van der Waals surface area (Å²) in [5, 5.41) is 0.765. The molecule has 2 rings (SSSR count). The zero-order chi connectivity index (χ0) is 9.97. The number of rotatable bonds is 3. The molecular weight excluding hydrogens is 194 g/mol. The highest BCUT2D eigenvalue weighted by atomic mass is 32.2. The lowest BCUT2D eigenvalue weighted by molar-refractivity contribution is 0.592. The molecule has 0 amide bonds. The lowest BCUT2D eigenvalue weighted by Crippen LogP contribution is -2.16. The first-order chi connectivity index (χ1) is 6.77. The molecule has 0 aliphatic carbocycles. The fraction of sp³-hybridized carbons (Fsp3) is 0.700. The van der Waals surface area contributed by atoms with Gasteiger partial charge in [0.15, 0.2) is 0 Å². The highest BCUT2D eigenvalue weighted by Gasteiger charge is 2.17. The Bertz CT molecular complexity index is 289. The molecule has 1 aromatic heterocycles. The molecule has 0 saturated carbocycles. The van der Waals surface area contributed by atoms with Crippen molar-refractivity contribution in [3.05, 3.63) is 18.2 Å². The van der Waals surface area contributed by atoms with Gasteiger partial charge in [0.2, 0.25) is 0 Å². The summed E-state index contributed by atoms with van der Waals surface area (Å²) in [5.41, 5.74) is 7.02. The maximum absolute atomic E-state index is 5.87. The maximum Gasteiger partial charge on any atom is 0.0949 e. The van der Waals surface area contributed by atoms with Gasteiger partial charge in [-0.2, -0.15) is 11.8 Å². The molecule has 2 heterocycles. The Morgan fingerprint density at radius 2 is 2.64 bits per heavy atom. The number of hydrogen-bond donors (Lipinski definition) is 1. The van der Waals surface area contributed by atoms with Crippen LogP contribution in [0.4, 0.5) is 0 Å². The zero-order valence-electron chi connectivity index (χ0n) is 8.52. The van der Waals surface area contributed by atoms with Crippen LogP contribution in [-0.4, -0.2) is 20.6 Å². The van der Waals surface area contributed by atoms with Gasteiger partial charge in [0.05, 0.1) is 12.0 Å². The Hall–Kier alpha value is -0.480. The highest BCUT2D eigenvalue weighted by Crippen LogP contribution is 2.28. The largest absolute Gasteiger partial charge is 0.332 e. The topological polar surface area (TPSA) is 43.8 Å². The van der Waals surface area contributed by atoms with Crippen LogP contribution in [0.2, 0.25) is 0 Å². The Morgan fingerprint density at radius 1 is 1.79 bits per heavy atom. The molecule has 1 saturated heterocycles. The number of nitrogens with zero attached hydrogens (tertiary/aromatic N) is 2. The van der Waals surface area contributed by atoms with E-state index in [1.54, 1.807) is 0 Å². The average molecular weight is 211 g/mol. The second-order valence-electron chi connectivity index (χ2n) is 3.89. The van der Waals surface area contributed by atoms with Crippen molar-refractivity contribution in [2.45, 2.75) is 37.6 Å². The van der Waals surface area contributed by atoms with E-state index in [0.717, 1.165) is 17.5 Å². The van der Waals surface area contributed by atoms with E-state index in [1.165, 1.54) is 18.6 Å². The molecule has 1 fully saturated rings. The van der Waals surface area contributed by atoms with Crippen LogP contribution >= 0.6 is 11.8 Å². The van der Waals surface area contributed by atoms with Gasteiger partial charge in [-0.3, -0.25) is 0 Å². The van der Waals surface area contributed by atoms with Gasteiger partial charge >= 0.3 is 0 Å². The molecule has 1 aliphatic rings. The van der Waals surface area contributed by atoms with Gasteiger partial charge in [-0.15, -0.1) is 0 Å². The van der Waals surface area contributed by atoms with Gasteiger partial charge in [0.25, 0.3) is 0 Å². The first-order valence-electron chi connectivity index (χ1n) is 5.14. The van der Waals surface area contributed by atoms with Gasteiger partial charge in [0, 0.05) is 24.0 Å². The number of nitrogens with two attached hydrogens (primary N) is 1. The van der Waals surface area contributed by atoms with E-state index >= 15 is 0 Å². The zero-order valence-corrected chi connectivity index (χ0v) is 9.33. The van der Waals surface area contributed by atoms with E-state index in [1.807, 2.05) is 19.4 Å². The molecule has 2 atom stereocenters. The third-order valence-electron chi connectivity index (χ3n) is 2.64. The van der Waals surface area contributed by atoms with Crippen LogP contribution in [0.1, 0.15) is 31.5 Å². The third kappa shape index (κ3) is 2.12. The minimum absolute atomic E-state index is 0.0869. The van der Waals surface area contributed by atoms with Crippen LogP contribution in [0.3, 0.4) is 0 Å². The molecule has 3 nitrogen and oxygen atoms in total. The predicted octanol–water partition coefficient (Wildman–Crippen LogP) is 1.80. The smallest absolute Gasteiger partial charge is 0.0949 e. The second-order valence-corrected chi connectivity index (χ2v) is 5.30. The molecular formula is C10H17N3S. The molecule has 14 heavy (non-hydrogen) atoms. The van der Waals surface area contributed by atoms with E-state index in [9.17, 15) is 0 Å². The monoisotopic (exact) mass is 211 g/mol. The summed E-state index contributed by atoms with van der Waals surface area (Å²) in [5.74, 6) is 1.31. The SMILES string of the molecule is CC(N)c1cncn1CC1CCCS1. The fourth-order valence-electron chi connectivity index (χ4n) is 1.87. The van der Waals surface area contributed by atoms with Gasteiger partial charge in [-0.1, -0.05) is 0 Å². The van der Waals surface area contributed by atoms with Gasteiger partial charge < -0.3 is 10.3 Å². The number of imidazole rings is 1. The van der Waals surface area contributed by atoms with Gasteiger partial charge in [-0.05, 0) is 25.5 Å². The van der Waals surface area contributed by atoms with Crippen molar-refractivity contribution in [2.75, 3.05) is 5.75 Å². The van der Waals surface area contributed by atoms with Crippen LogP contribution in [0.5, 0.6) is 0 Å². The summed E-state index contributed by atoms with van der Waals surface area (Å²) in [6.07, 6.45) is 6.47. The van der Waals surface area contributed by atoms with Crippen LogP contribution < -0.4 is 5.73 Å². The van der Waals surface area contributed by atoms with E-state index in [2.05, 4.69) is 21.3 Å². The van der Waals surface area contributed by atoms with E-state index in [4.69, 9.17) is 5.73 Å². The molecule has 2 N–H and O–H groups in total. The van der Waals surface area contributed by atoms with Crippen molar-refractivity contribution in [3.63, 3.8) is 0 Å². The Balaban J connectivity index is 2.04. The van der Waals surface area contributed by atoms with Gasteiger partial charge in [-0.25, -0.2) is 4.98 Å². The summed E-state index contributed by atoms with van der Waals surface area (Å²) >= 11 is 2.07. The summed E-state index contributed by atoms with van der Waals surface area (Å²) < 4.78 is 2.20. The molecule has 0 bridgehead atoms. The molecule has 0 radical (unpaired) electrons. The van der Waals surface area contributed by atoms with Crippen LogP contribution in [0, 0.1) is 0 Å². The van der Waals surface area contributed by atoms with E-state index < -0.39 is 0 Å². The van der Waals surface area contributed by atoms with Gasteiger partial charge in [0.1, 0.15) is 0 Å². The van der Waals surface area contributed by atoms with Crippen LogP contribution in [0.15, 0.2) is 12.5 Å². The minimum Gasteiger partial charge on any atom is -0.332 e. The number of hydrogen-bond acceptors (Lipinski definition) is 3. The van der Waals surface area contributed by atoms with Crippen molar-refractivity contribution in [2.24, 2.45) is 5.73 Å². The average Bonchev–Trinajstić information content (AvgIpc) is 2.75. The first-order valence-corrected chi connectivity index (χ1v) is 6.19. The minimum atomic E-state index is 0.0869. The maximum atomic E-state index is 5.87. The Kier molecular flexibility index (Phi) is 3.13. The van der Waals surface area contributed by atoms with Crippen molar-refractivity contribution in [1.82, 2.24) is 9.55 Å². The lowest BCUT2D eigenvalue weighted by Gasteiger charge is -2.14. The second kappa shape index (κ2) is 4.36. The van der Waals surface area contributed by atoms with Crippen molar-refractivity contribution in [1.29, 1.82) is 0 Å². The molecule has 78 valence electrons. The fourth-order valence-corrected chi connectivity index (χ4v) is 3.14. The van der Waals surface area contributed by atoms with Crippen LogP contribution in [0.25, 0.3) is 0 Å². The van der Waals surface area contributed by atoms with Crippen molar-refractivity contribution >= 4 is 11.8 Å². The van der Waals surface area contributed by atoms with Crippen LogP contribution in [-0.2, 0) is 6.54 Å². The normalized spacial score (nSPS) is 24.0. The predicted molar refractivity (Wildman–Crippen MR) is 60.3 cm³/mol.